The number of aryl methyl sites for hydroxylation is 1. The summed E-state index contributed by atoms with van der Waals surface area (Å²) in [5.41, 5.74) is 1.86. The van der Waals surface area contributed by atoms with Crippen molar-refractivity contribution in [2.45, 2.75) is 19.0 Å². The monoisotopic (exact) mass is 210 g/mol. The molecule has 4 heteroatoms. The van der Waals surface area contributed by atoms with Gasteiger partial charge in [0.05, 0.1) is 18.6 Å². The van der Waals surface area contributed by atoms with Crippen molar-refractivity contribution in [1.29, 1.82) is 0 Å². The lowest BCUT2D eigenvalue weighted by Crippen LogP contribution is -1.92. The highest BCUT2D eigenvalue weighted by atomic mass is 32.2. The van der Waals surface area contributed by atoms with Gasteiger partial charge in [-0.05, 0) is 32.2 Å². The molecule has 0 radical (unpaired) electrons. The zero-order valence-corrected chi connectivity index (χ0v) is 9.47. The molecule has 0 aliphatic carbocycles. The Bertz CT molecular complexity index is 326. The van der Waals surface area contributed by atoms with Crippen LogP contribution in [0.25, 0.3) is 6.08 Å². The third-order valence-corrected chi connectivity index (χ3v) is 2.09. The normalized spacial score (nSPS) is 10.8. The number of aromatic nitrogens is 2. The first-order chi connectivity index (χ1) is 6.76. The Balaban J connectivity index is 2.81. The molecule has 0 saturated carbocycles. The van der Waals surface area contributed by atoms with Gasteiger partial charge < -0.3 is 4.74 Å². The molecule has 1 aromatic rings. The van der Waals surface area contributed by atoms with E-state index in [0.29, 0.717) is 6.61 Å². The first kappa shape index (κ1) is 11.0. The topological polar surface area (TPSA) is 35.0 Å². The third-order valence-electron chi connectivity index (χ3n) is 1.54. The number of nitrogens with zero attached hydrogens (tertiary/aromatic N) is 2. The molecule has 76 valence electrons. The fourth-order valence-corrected chi connectivity index (χ4v) is 1.39. The van der Waals surface area contributed by atoms with Crippen molar-refractivity contribution >= 4 is 17.8 Å². The molecule has 0 atom stereocenters. The van der Waals surface area contributed by atoms with Crippen LogP contribution in [0, 0.1) is 6.92 Å². The first-order valence-corrected chi connectivity index (χ1v) is 5.66. The lowest BCUT2D eigenvalue weighted by atomic mass is 10.3. The standard InChI is InChI=1S/C10H14N2OS/c1-4-13-6-5-9-7-8(2)11-10(12-9)14-3/h5-7H,4H2,1-3H3/b6-5+. The predicted molar refractivity (Wildman–Crippen MR) is 59.2 cm³/mol. The van der Waals surface area contributed by atoms with E-state index < -0.39 is 0 Å². The summed E-state index contributed by atoms with van der Waals surface area (Å²) in [7, 11) is 0. The number of hydrogen-bond donors (Lipinski definition) is 0. The predicted octanol–water partition coefficient (Wildman–Crippen LogP) is 2.51. The highest BCUT2D eigenvalue weighted by Crippen LogP contribution is 2.11. The van der Waals surface area contributed by atoms with Gasteiger partial charge in [-0.1, -0.05) is 11.8 Å². The molecule has 0 aliphatic rings. The van der Waals surface area contributed by atoms with Crippen LogP contribution in [0.5, 0.6) is 0 Å². The van der Waals surface area contributed by atoms with Crippen molar-refractivity contribution in [2.24, 2.45) is 0 Å². The van der Waals surface area contributed by atoms with Gasteiger partial charge in [-0.25, -0.2) is 9.97 Å². The molecule has 0 bridgehead atoms. The molecule has 0 spiro atoms. The van der Waals surface area contributed by atoms with Crippen LogP contribution in [-0.4, -0.2) is 22.8 Å². The smallest absolute Gasteiger partial charge is 0.188 e. The highest BCUT2D eigenvalue weighted by Gasteiger charge is 1.97. The molecule has 14 heavy (non-hydrogen) atoms. The fraction of sp³-hybridized carbons (Fsp3) is 0.400. The fourth-order valence-electron chi connectivity index (χ4n) is 0.956. The van der Waals surface area contributed by atoms with Gasteiger partial charge in [-0.3, -0.25) is 0 Å². The summed E-state index contributed by atoms with van der Waals surface area (Å²) in [4.78, 5) is 8.57. The summed E-state index contributed by atoms with van der Waals surface area (Å²) in [5.74, 6) is 0. The zero-order valence-electron chi connectivity index (χ0n) is 8.65. The van der Waals surface area contributed by atoms with Gasteiger partial charge in [-0.2, -0.15) is 0 Å². The lowest BCUT2D eigenvalue weighted by Gasteiger charge is -1.99. The SMILES string of the molecule is CCO/C=C/c1cc(C)nc(SC)n1. The number of rotatable bonds is 4. The van der Waals surface area contributed by atoms with Crippen LogP contribution in [0.2, 0.25) is 0 Å². The maximum atomic E-state index is 5.10. The molecule has 0 saturated heterocycles. The van der Waals surface area contributed by atoms with Crippen LogP contribution in [0.15, 0.2) is 17.5 Å². The minimum Gasteiger partial charge on any atom is -0.501 e. The molecule has 1 rings (SSSR count). The van der Waals surface area contributed by atoms with Gasteiger partial charge in [0, 0.05) is 5.69 Å². The minimum atomic E-state index is 0.677. The number of hydrogen-bond acceptors (Lipinski definition) is 4. The Kier molecular flexibility index (Phi) is 4.46. The van der Waals surface area contributed by atoms with E-state index in [1.807, 2.05) is 32.2 Å². The van der Waals surface area contributed by atoms with Gasteiger partial charge in [0.15, 0.2) is 5.16 Å². The molecule has 0 fully saturated rings. The molecular weight excluding hydrogens is 196 g/mol. The lowest BCUT2D eigenvalue weighted by molar-refractivity contribution is 0.272. The summed E-state index contributed by atoms with van der Waals surface area (Å²) >= 11 is 1.54. The van der Waals surface area contributed by atoms with E-state index in [0.717, 1.165) is 16.5 Å². The van der Waals surface area contributed by atoms with Crippen molar-refractivity contribution in [3.63, 3.8) is 0 Å². The Morgan fingerprint density at radius 1 is 1.50 bits per heavy atom. The van der Waals surface area contributed by atoms with Crippen molar-refractivity contribution in [3.05, 3.63) is 23.7 Å². The third kappa shape index (κ3) is 3.38. The van der Waals surface area contributed by atoms with Crippen LogP contribution in [-0.2, 0) is 4.74 Å². The molecule has 3 nitrogen and oxygen atoms in total. The zero-order chi connectivity index (χ0) is 10.4. The van der Waals surface area contributed by atoms with Crippen molar-refractivity contribution < 1.29 is 4.74 Å². The van der Waals surface area contributed by atoms with Crippen LogP contribution in [0.4, 0.5) is 0 Å². The average molecular weight is 210 g/mol. The highest BCUT2D eigenvalue weighted by molar-refractivity contribution is 7.98. The van der Waals surface area contributed by atoms with E-state index in [9.17, 15) is 0 Å². The second-order valence-corrected chi connectivity index (χ2v) is 3.45. The van der Waals surface area contributed by atoms with E-state index in [-0.39, 0.29) is 0 Å². The molecule has 0 aliphatic heterocycles. The van der Waals surface area contributed by atoms with E-state index in [4.69, 9.17) is 4.74 Å². The first-order valence-electron chi connectivity index (χ1n) is 4.44. The summed E-state index contributed by atoms with van der Waals surface area (Å²) in [6.07, 6.45) is 5.47. The van der Waals surface area contributed by atoms with Crippen LogP contribution in [0.3, 0.4) is 0 Å². The largest absolute Gasteiger partial charge is 0.501 e. The van der Waals surface area contributed by atoms with Gasteiger partial charge >= 0.3 is 0 Å². The summed E-state index contributed by atoms with van der Waals surface area (Å²) in [6, 6.07) is 1.93. The molecule has 0 unspecified atom stereocenters. The molecule has 0 amide bonds. The Morgan fingerprint density at radius 3 is 2.93 bits per heavy atom. The Labute approximate surface area is 88.6 Å². The Hall–Kier alpha value is -1.03. The summed E-state index contributed by atoms with van der Waals surface area (Å²) in [6.45, 7) is 4.58. The maximum Gasteiger partial charge on any atom is 0.188 e. The molecule has 0 N–H and O–H groups in total. The molecule has 0 aromatic carbocycles. The van der Waals surface area contributed by atoms with Crippen molar-refractivity contribution in [3.8, 4) is 0 Å². The quantitative estimate of drug-likeness (QED) is 0.434. The van der Waals surface area contributed by atoms with Crippen LogP contribution < -0.4 is 0 Å². The second kappa shape index (κ2) is 5.65. The van der Waals surface area contributed by atoms with E-state index in [2.05, 4.69) is 9.97 Å². The van der Waals surface area contributed by atoms with Gasteiger partial charge in [0.2, 0.25) is 0 Å². The van der Waals surface area contributed by atoms with E-state index in [1.165, 1.54) is 11.8 Å². The van der Waals surface area contributed by atoms with Crippen LogP contribution in [0.1, 0.15) is 18.3 Å². The average Bonchev–Trinajstić information content (AvgIpc) is 2.17. The second-order valence-electron chi connectivity index (χ2n) is 2.68. The summed E-state index contributed by atoms with van der Waals surface area (Å²) < 4.78 is 5.10. The van der Waals surface area contributed by atoms with E-state index in [1.54, 1.807) is 6.26 Å². The number of thioether (sulfide) groups is 1. The van der Waals surface area contributed by atoms with Gasteiger partial charge in [0.25, 0.3) is 0 Å². The number of ether oxygens (including phenoxy) is 1. The minimum absolute atomic E-state index is 0.677. The summed E-state index contributed by atoms with van der Waals surface area (Å²) in [5, 5.41) is 0.793. The Morgan fingerprint density at radius 2 is 2.29 bits per heavy atom. The maximum absolute atomic E-state index is 5.10. The van der Waals surface area contributed by atoms with Gasteiger partial charge in [0.1, 0.15) is 0 Å². The van der Waals surface area contributed by atoms with E-state index >= 15 is 0 Å². The molecular formula is C10H14N2OS. The molecule has 1 heterocycles. The molecule has 1 aromatic heterocycles. The van der Waals surface area contributed by atoms with Gasteiger partial charge in [-0.15, -0.1) is 0 Å². The van der Waals surface area contributed by atoms with Crippen molar-refractivity contribution in [2.75, 3.05) is 12.9 Å². The van der Waals surface area contributed by atoms with Crippen molar-refractivity contribution in [1.82, 2.24) is 9.97 Å². The van der Waals surface area contributed by atoms with Crippen LogP contribution >= 0.6 is 11.8 Å².